The molecule has 6 aromatic carbocycles. The molecule has 40 heavy (non-hydrogen) atoms. The summed E-state index contributed by atoms with van der Waals surface area (Å²) in [7, 11) is -0.700. The topological polar surface area (TPSA) is 12.9 Å². The number of pyridine rings is 1. The van der Waals surface area contributed by atoms with Crippen molar-refractivity contribution >= 4 is 79.8 Å². The maximum Gasteiger partial charge on any atom is 0.0595 e. The normalized spacial score (nSPS) is 14.8. The summed E-state index contributed by atoms with van der Waals surface area (Å²) in [4.78, 5) is 10.3. The molecular weight excluding hydrogens is 722 g/mol. The Hall–Kier alpha value is -2.97. The molecule has 3 heterocycles. The van der Waals surface area contributed by atoms with Crippen molar-refractivity contribution < 1.29 is 20.1 Å². The van der Waals surface area contributed by atoms with E-state index in [0.717, 1.165) is 22.2 Å². The maximum atomic E-state index is 5.03. The number of rotatable bonds is 1. The zero-order valence-electron chi connectivity index (χ0n) is 21.0. The number of fused-ring (bicyclic) bond motifs is 7. The van der Waals surface area contributed by atoms with Crippen molar-refractivity contribution in [3.8, 4) is 11.3 Å². The average Bonchev–Trinajstić information content (AvgIpc) is 2.98. The van der Waals surface area contributed by atoms with Crippen LogP contribution in [0.4, 0.5) is 0 Å². The molecule has 0 amide bonds. The first kappa shape index (κ1) is 24.8. The summed E-state index contributed by atoms with van der Waals surface area (Å²) in [6, 6.07) is 46.0. The summed E-state index contributed by atoms with van der Waals surface area (Å²) in [5, 5.41) is 10.8. The molecule has 1 aromatic heterocycles. The Balaban J connectivity index is 0.00000245. The first-order chi connectivity index (χ1) is 19.3. The van der Waals surface area contributed by atoms with E-state index in [-0.39, 0.29) is 20.1 Å². The van der Waals surface area contributed by atoms with Crippen molar-refractivity contribution in [1.29, 1.82) is 0 Å². The summed E-state index contributed by atoms with van der Waals surface area (Å²) in [5.41, 5.74) is 3.07. The molecule has 0 saturated carbocycles. The Morgan fingerprint density at radius 2 is 1.12 bits per heavy atom. The van der Waals surface area contributed by atoms with Gasteiger partial charge in [-0.15, -0.1) is 41.2 Å². The van der Waals surface area contributed by atoms with Crippen LogP contribution in [0, 0.1) is 6.07 Å². The van der Waals surface area contributed by atoms with Gasteiger partial charge in [-0.3, -0.25) is 4.98 Å². The van der Waals surface area contributed by atoms with Gasteiger partial charge in [0.15, 0.2) is 0 Å². The fourth-order valence-electron chi connectivity index (χ4n) is 5.77. The summed E-state index contributed by atoms with van der Waals surface area (Å²) in [6.45, 7) is 0. The first-order valence-corrected chi connectivity index (χ1v) is 15.9. The average molecular weight is 741 g/mol. The SMILES string of the molecule is [Ir].[c-]1c(-c2ccc3ccccc3n2)cc2c3c1Sc1cc4ccccc4cc1P3c1cc3ccccc3cc1S2. The molecule has 0 bridgehead atoms. The van der Waals surface area contributed by atoms with Gasteiger partial charge in [0.1, 0.15) is 0 Å². The molecule has 191 valence electrons. The second kappa shape index (κ2) is 9.55. The van der Waals surface area contributed by atoms with Gasteiger partial charge in [-0.1, -0.05) is 102 Å². The molecule has 7 aromatic rings. The Morgan fingerprint density at radius 3 is 1.80 bits per heavy atom. The number of hydrogen-bond acceptors (Lipinski definition) is 3. The van der Waals surface area contributed by atoms with Gasteiger partial charge in [-0.05, 0) is 73.6 Å². The predicted octanol–water partition coefficient (Wildman–Crippen LogP) is 8.69. The number of aromatic nitrogens is 1. The van der Waals surface area contributed by atoms with Crippen LogP contribution < -0.4 is 15.9 Å². The zero-order chi connectivity index (χ0) is 25.5. The Kier molecular flexibility index (Phi) is 5.92. The third-order valence-corrected chi connectivity index (χ3v) is 13.0. The van der Waals surface area contributed by atoms with Crippen molar-refractivity contribution in [3.63, 3.8) is 0 Å². The first-order valence-electron chi connectivity index (χ1n) is 13.0. The maximum absolute atomic E-state index is 5.03. The summed E-state index contributed by atoms with van der Waals surface area (Å²) < 4.78 is 0. The van der Waals surface area contributed by atoms with Crippen LogP contribution in [-0.2, 0) is 20.1 Å². The van der Waals surface area contributed by atoms with Crippen molar-refractivity contribution in [3.05, 3.63) is 121 Å². The van der Waals surface area contributed by atoms with Crippen LogP contribution in [0.5, 0.6) is 0 Å². The summed E-state index contributed by atoms with van der Waals surface area (Å²) in [5.74, 6) is 0. The molecule has 5 heteroatoms. The molecule has 1 atom stereocenters. The van der Waals surface area contributed by atoms with Crippen molar-refractivity contribution in [1.82, 2.24) is 4.98 Å². The largest absolute Gasteiger partial charge is 0.296 e. The smallest absolute Gasteiger partial charge is 0.0595 e. The number of nitrogens with zero attached hydrogens (tertiary/aromatic N) is 1. The van der Waals surface area contributed by atoms with Gasteiger partial charge in [0, 0.05) is 29.9 Å². The molecular formula is C35H19IrNPS2-. The molecule has 1 unspecified atom stereocenters. The standard InChI is InChI=1S/C35H19NPS2.Ir/c1-3-10-24-17-31-29(15-22(24)8-1)37-30-16-23-9-2-4-11-25(23)18-32(30)39-34-20-26(19-33(38-31)35(34)37)28-14-13-21-7-5-6-12-27(21)36-28;/h1-19H;/q-1;. The quantitative estimate of drug-likeness (QED) is 0.124. The van der Waals surface area contributed by atoms with Gasteiger partial charge in [0.2, 0.25) is 0 Å². The van der Waals surface area contributed by atoms with Crippen LogP contribution in [0.3, 0.4) is 0 Å². The number of hydrogen-bond donors (Lipinski definition) is 0. The van der Waals surface area contributed by atoms with Crippen LogP contribution in [-0.4, -0.2) is 4.98 Å². The second-order valence-corrected chi connectivity index (χ2v) is 14.2. The van der Waals surface area contributed by atoms with E-state index in [1.165, 1.54) is 57.0 Å². The van der Waals surface area contributed by atoms with Gasteiger partial charge in [-0.2, -0.15) is 0 Å². The zero-order valence-corrected chi connectivity index (χ0v) is 25.9. The van der Waals surface area contributed by atoms with Crippen LogP contribution in [0.25, 0.3) is 43.7 Å². The summed E-state index contributed by atoms with van der Waals surface area (Å²) in [6.07, 6.45) is 0. The van der Waals surface area contributed by atoms with Gasteiger partial charge in [0.25, 0.3) is 0 Å². The minimum atomic E-state index is -0.700. The Morgan fingerprint density at radius 1 is 0.550 bits per heavy atom. The van der Waals surface area contributed by atoms with E-state index < -0.39 is 7.92 Å². The second-order valence-electron chi connectivity index (χ2n) is 9.99. The molecule has 0 aliphatic carbocycles. The monoisotopic (exact) mass is 741 g/mol. The van der Waals surface area contributed by atoms with E-state index in [2.05, 4.69) is 121 Å². The minimum Gasteiger partial charge on any atom is -0.296 e. The molecule has 9 rings (SSSR count). The fourth-order valence-corrected chi connectivity index (χ4v) is 11.8. The van der Waals surface area contributed by atoms with E-state index in [4.69, 9.17) is 4.98 Å². The van der Waals surface area contributed by atoms with Crippen LogP contribution in [0.15, 0.2) is 135 Å². The van der Waals surface area contributed by atoms with Crippen molar-refractivity contribution in [2.75, 3.05) is 0 Å². The van der Waals surface area contributed by atoms with E-state index in [1.54, 1.807) is 0 Å². The van der Waals surface area contributed by atoms with Gasteiger partial charge < -0.3 is 0 Å². The van der Waals surface area contributed by atoms with Crippen LogP contribution >= 0.6 is 31.4 Å². The van der Waals surface area contributed by atoms with Gasteiger partial charge in [-0.25, -0.2) is 0 Å². The fraction of sp³-hybridized carbons (Fsp3) is 0. The molecule has 2 aliphatic heterocycles. The predicted molar refractivity (Wildman–Crippen MR) is 168 cm³/mol. The van der Waals surface area contributed by atoms with Gasteiger partial charge >= 0.3 is 0 Å². The molecule has 0 saturated heterocycles. The number of benzene rings is 6. The summed E-state index contributed by atoms with van der Waals surface area (Å²) >= 11 is 3.79. The molecule has 0 spiro atoms. The third-order valence-electron chi connectivity index (χ3n) is 7.64. The molecule has 0 fully saturated rings. The molecule has 0 N–H and O–H groups in total. The van der Waals surface area contributed by atoms with E-state index >= 15 is 0 Å². The Labute approximate surface area is 255 Å². The van der Waals surface area contributed by atoms with E-state index in [0.29, 0.717) is 0 Å². The number of para-hydroxylation sites is 1. The van der Waals surface area contributed by atoms with Crippen LogP contribution in [0.2, 0.25) is 0 Å². The molecule has 1 nitrogen and oxygen atoms in total. The molecule has 1 radical (unpaired) electrons. The van der Waals surface area contributed by atoms with Crippen LogP contribution in [0.1, 0.15) is 0 Å². The van der Waals surface area contributed by atoms with Crippen molar-refractivity contribution in [2.45, 2.75) is 19.6 Å². The Bertz CT molecular complexity index is 2050. The van der Waals surface area contributed by atoms with Crippen molar-refractivity contribution in [2.24, 2.45) is 0 Å². The van der Waals surface area contributed by atoms with Gasteiger partial charge in [0.05, 0.1) is 5.52 Å². The minimum absolute atomic E-state index is 0. The molecule has 2 aliphatic rings. The van der Waals surface area contributed by atoms with E-state index in [1.807, 2.05) is 23.5 Å². The third kappa shape index (κ3) is 3.82. The van der Waals surface area contributed by atoms with E-state index in [9.17, 15) is 0 Å².